The number of carbonyl (C=O) groups is 1. The molecule has 368 valence electrons. The number of unbranched alkanes of at least 4 members (excludes halogenated alkanes) is 20. The third-order valence-corrected chi connectivity index (χ3v) is 11.7. The van der Waals surface area contributed by atoms with Gasteiger partial charge in [0.2, 0.25) is 5.91 Å². The van der Waals surface area contributed by atoms with Gasteiger partial charge in [0.1, 0.15) is 24.4 Å². The van der Waals surface area contributed by atoms with Gasteiger partial charge in [-0.05, 0) is 64.2 Å². The van der Waals surface area contributed by atoms with Gasteiger partial charge in [-0.25, -0.2) is 0 Å². The number of allylic oxidation sites excluding steroid dienone is 13. The zero-order chi connectivity index (χ0) is 46.6. The fourth-order valence-electron chi connectivity index (χ4n) is 7.62. The van der Waals surface area contributed by atoms with Gasteiger partial charge in [0.15, 0.2) is 6.29 Å². The Morgan fingerprint density at radius 1 is 0.547 bits per heavy atom. The third kappa shape index (κ3) is 33.8. The van der Waals surface area contributed by atoms with E-state index >= 15 is 0 Å². The number of hydrogen-bond acceptors (Lipinski definition) is 8. The summed E-state index contributed by atoms with van der Waals surface area (Å²) < 4.78 is 11.1. The lowest BCUT2D eigenvalue weighted by Crippen LogP contribution is -2.60. The summed E-state index contributed by atoms with van der Waals surface area (Å²) in [6.45, 7) is 3.49. The van der Waals surface area contributed by atoms with Crippen molar-refractivity contribution in [2.75, 3.05) is 13.2 Å². The Labute approximate surface area is 391 Å². The highest BCUT2D eigenvalue weighted by atomic mass is 16.7. The Kier molecular flexibility index (Phi) is 41.0. The second-order valence-electron chi connectivity index (χ2n) is 17.6. The Hall–Kier alpha value is -2.63. The molecule has 0 aromatic rings. The van der Waals surface area contributed by atoms with Crippen LogP contribution in [0.1, 0.15) is 200 Å². The lowest BCUT2D eigenvalue weighted by atomic mass is 9.99. The molecule has 1 fully saturated rings. The van der Waals surface area contributed by atoms with Crippen LogP contribution < -0.4 is 5.32 Å². The molecule has 0 aromatic carbocycles. The maximum atomic E-state index is 12.8. The fraction of sp³-hybridized carbons (Fsp3) is 0.727. The molecule has 7 atom stereocenters. The first-order chi connectivity index (χ1) is 31.3. The van der Waals surface area contributed by atoms with E-state index in [1.807, 2.05) is 6.08 Å². The van der Waals surface area contributed by atoms with E-state index in [2.05, 4.69) is 92.1 Å². The second-order valence-corrected chi connectivity index (χ2v) is 17.6. The van der Waals surface area contributed by atoms with E-state index in [0.717, 1.165) is 77.0 Å². The van der Waals surface area contributed by atoms with Gasteiger partial charge in [-0.15, -0.1) is 0 Å². The van der Waals surface area contributed by atoms with E-state index in [9.17, 15) is 30.3 Å². The zero-order valence-electron chi connectivity index (χ0n) is 40.5. The van der Waals surface area contributed by atoms with Gasteiger partial charge in [0.25, 0.3) is 0 Å². The molecule has 1 aliphatic heterocycles. The number of ether oxygens (including phenoxy) is 2. The summed E-state index contributed by atoms with van der Waals surface area (Å²) >= 11 is 0. The first-order valence-electron chi connectivity index (χ1n) is 25.8. The maximum absolute atomic E-state index is 12.8. The molecule has 0 aromatic heterocycles. The minimum absolute atomic E-state index is 0.188. The summed E-state index contributed by atoms with van der Waals surface area (Å²) in [6, 6.07) is -0.802. The summed E-state index contributed by atoms with van der Waals surface area (Å²) in [7, 11) is 0. The molecule has 0 radical (unpaired) electrons. The predicted octanol–water partition coefficient (Wildman–Crippen LogP) is 11.9. The number of hydrogen-bond donors (Lipinski definition) is 6. The second kappa shape index (κ2) is 44.2. The van der Waals surface area contributed by atoms with E-state index in [-0.39, 0.29) is 12.5 Å². The van der Waals surface area contributed by atoms with E-state index in [1.165, 1.54) is 103 Å². The molecule has 0 saturated carbocycles. The van der Waals surface area contributed by atoms with Crippen LogP contribution in [0.15, 0.2) is 85.1 Å². The highest BCUT2D eigenvalue weighted by Crippen LogP contribution is 2.23. The average Bonchev–Trinajstić information content (AvgIpc) is 3.29. The van der Waals surface area contributed by atoms with Crippen LogP contribution in [-0.4, -0.2) is 87.5 Å². The topological polar surface area (TPSA) is 149 Å². The number of carbonyl (C=O) groups excluding carboxylic acids is 1. The number of nitrogens with one attached hydrogen (secondary N) is 1. The minimum atomic E-state index is -1.56. The quantitative estimate of drug-likeness (QED) is 0.0262. The molecule has 1 saturated heterocycles. The van der Waals surface area contributed by atoms with E-state index in [1.54, 1.807) is 6.08 Å². The molecule has 1 amide bonds. The van der Waals surface area contributed by atoms with Crippen LogP contribution in [0.2, 0.25) is 0 Å². The number of aliphatic hydroxyl groups excluding tert-OH is 5. The molecular formula is C55H95NO8. The Morgan fingerprint density at radius 3 is 1.42 bits per heavy atom. The molecule has 7 unspecified atom stereocenters. The molecule has 1 rings (SSSR count). The predicted molar refractivity (Wildman–Crippen MR) is 267 cm³/mol. The van der Waals surface area contributed by atoms with Gasteiger partial charge in [0, 0.05) is 6.42 Å². The van der Waals surface area contributed by atoms with Crippen LogP contribution in [0.5, 0.6) is 0 Å². The zero-order valence-corrected chi connectivity index (χ0v) is 40.5. The first-order valence-corrected chi connectivity index (χ1v) is 25.8. The monoisotopic (exact) mass is 898 g/mol. The average molecular weight is 898 g/mol. The van der Waals surface area contributed by atoms with Gasteiger partial charge in [0.05, 0.1) is 25.4 Å². The highest BCUT2D eigenvalue weighted by Gasteiger charge is 2.44. The molecule has 64 heavy (non-hydrogen) atoms. The van der Waals surface area contributed by atoms with Crippen molar-refractivity contribution in [3.63, 3.8) is 0 Å². The number of amides is 1. The van der Waals surface area contributed by atoms with Gasteiger partial charge >= 0.3 is 0 Å². The van der Waals surface area contributed by atoms with Gasteiger partial charge in [-0.2, -0.15) is 0 Å². The summed E-state index contributed by atoms with van der Waals surface area (Å²) in [5.74, 6) is -0.188. The summed E-state index contributed by atoms with van der Waals surface area (Å²) in [4.78, 5) is 12.8. The highest BCUT2D eigenvalue weighted by molar-refractivity contribution is 5.76. The largest absolute Gasteiger partial charge is 0.394 e. The van der Waals surface area contributed by atoms with Crippen LogP contribution in [0.3, 0.4) is 0 Å². The minimum Gasteiger partial charge on any atom is -0.394 e. The molecule has 1 heterocycles. The van der Waals surface area contributed by atoms with Gasteiger partial charge < -0.3 is 40.3 Å². The maximum Gasteiger partial charge on any atom is 0.220 e. The SMILES string of the molecule is CC/C=C\C/C=C\C/C=C\C/C=C\C/C=C\C/C=C\CCCCCCCCCCCCCCCCCCCCC(=O)NC(COC1OC(CO)C(O)C(O)C1O)C(O)/C=C/CCCC. The molecule has 0 bridgehead atoms. The Balaban J connectivity index is 1.98. The third-order valence-electron chi connectivity index (χ3n) is 11.7. The molecule has 9 nitrogen and oxygen atoms in total. The summed E-state index contributed by atoms with van der Waals surface area (Å²) in [6.07, 6.45) is 55.9. The normalized spacial score (nSPS) is 20.8. The smallest absolute Gasteiger partial charge is 0.220 e. The molecule has 1 aliphatic rings. The Morgan fingerprint density at radius 2 is 0.969 bits per heavy atom. The fourth-order valence-corrected chi connectivity index (χ4v) is 7.62. The lowest BCUT2D eigenvalue weighted by Gasteiger charge is -2.40. The number of rotatable bonds is 42. The van der Waals surface area contributed by atoms with Gasteiger partial charge in [-0.3, -0.25) is 4.79 Å². The van der Waals surface area contributed by atoms with Crippen molar-refractivity contribution in [2.24, 2.45) is 0 Å². The van der Waals surface area contributed by atoms with Crippen LogP contribution in [0, 0.1) is 0 Å². The molecule has 0 spiro atoms. The van der Waals surface area contributed by atoms with Crippen molar-refractivity contribution in [2.45, 2.75) is 243 Å². The summed E-state index contributed by atoms with van der Waals surface area (Å²) in [5.41, 5.74) is 0. The lowest BCUT2D eigenvalue weighted by molar-refractivity contribution is -0.302. The molecular weight excluding hydrogens is 803 g/mol. The van der Waals surface area contributed by atoms with Crippen molar-refractivity contribution in [3.05, 3.63) is 85.1 Å². The summed E-state index contributed by atoms with van der Waals surface area (Å²) in [5, 5.41) is 53.6. The van der Waals surface area contributed by atoms with Crippen LogP contribution >= 0.6 is 0 Å². The molecule has 6 N–H and O–H groups in total. The first kappa shape index (κ1) is 59.4. The van der Waals surface area contributed by atoms with E-state index < -0.39 is 49.5 Å². The van der Waals surface area contributed by atoms with E-state index in [4.69, 9.17) is 9.47 Å². The van der Waals surface area contributed by atoms with Crippen molar-refractivity contribution < 1.29 is 39.8 Å². The van der Waals surface area contributed by atoms with Crippen molar-refractivity contribution in [1.82, 2.24) is 5.32 Å². The Bertz CT molecular complexity index is 1270. The van der Waals surface area contributed by atoms with Crippen LogP contribution in [-0.2, 0) is 14.3 Å². The molecule has 0 aliphatic carbocycles. The van der Waals surface area contributed by atoms with E-state index in [0.29, 0.717) is 6.42 Å². The van der Waals surface area contributed by atoms with Crippen LogP contribution in [0.25, 0.3) is 0 Å². The number of aliphatic hydroxyl groups is 5. The van der Waals surface area contributed by atoms with Crippen molar-refractivity contribution >= 4 is 5.91 Å². The molecule has 9 heteroatoms. The van der Waals surface area contributed by atoms with Crippen molar-refractivity contribution in [1.29, 1.82) is 0 Å². The van der Waals surface area contributed by atoms with Gasteiger partial charge in [-0.1, -0.05) is 214 Å². The van der Waals surface area contributed by atoms with Crippen molar-refractivity contribution in [3.8, 4) is 0 Å². The van der Waals surface area contributed by atoms with Crippen LogP contribution in [0.4, 0.5) is 0 Å². The standard InChI is InChI=1S/C55H95NO8/c1-3-5-7-9-10-11-12-13-14-15-16-17-18-19-20-21-22-23-24-25-26-27-28-29-30-31-32-33-34-35-36-37-38-39-40-41-43-45-51(59)56-48(49(58)44-42-8-6-4-2)47-63-55-54(62)53(61)52(60)50(46-57)64-55/h5,7,10-11,13-14,16-17,19-20,22-23,42,44,48-50,52-55,57-58,60-62H,3-4,6,8-9,12,15,18,21,24-41,43,45-47H2,1-2H3,(H,56,59)/b7-5-,11-10-,14-13-,17-16-,20-19-,23-22-,44-42+.